The van der Waals surface area contributed by atoms with Gasteiger partial charge in [0.05, 0.1) is 24.7 Å². The van der Waals surface area contributed by atoms with Crippen LogP contribution in [0.3, 0.4) is 0 Å². The quantitative estimate of drug-likeness (QED) is 0.118. The molecular weight excluding hydrogens is 541 g/mol. The fourth-order valence-electron chi connectivity index (χ4n) is 4.31. The van der Waals surface area contributed by atoms with Gasteiger partial charge in [-0.2, -0.15) is 5.26 Å². The van der Waals surface area contributed by atoms with E-state index in [2.05, 4.69) is 20.6 Å². The zero-order chi connectivity index (χ0) is 29.7. The zero-order valence-electron chi connectivity index (χ0n) is 24.1. The van der Waals surface area contributed by atoms with E-state index < -0.39 is 44.3 Å². The number of nitriles is 1. The molecule has 6 atom stereocenters. The van der Waals surface area contributed by atoms with Crippen LogP contribution in [0.4, 0.5) is 0 Å². The molecule has 0 bridgehead atoms. The minimum atomic E-state index is -1.63. The highest BCUT2D eigenvalue weighted by Gasteiger charge is 2.49. The molecule has 3 unspecified atom stereocenters. The minimum Gasteiger partial charge on any atom is -0.351 e. The fourth-order valence-corrected chi connectivity index (χ4v) is 6.07. The van der Waals surface area contributed by atoms with Crippen LogP contribution in [0, 0.1) is 17.9 Å². The number of aromatic nitrogens is 2. The van der Waals surface area contributed by atoms with Crippen LogP contribution in [0.5, 0.6) is 0 Å². The summed E-state index contributed by atoms with van der Waals surface area (Å²) in [6.45, 7) is 19.3. The molecule has 0 amide bonds. The molecule has 1 aromatic heterocycles. The molecule has 0 spiro atoms. The van der Waals surface area contributed by atoms with Gasteiger partial charge in [0.1, 0.15) is 32.4 Å². The summed E-state index contributed by atoms with van der Waals surface area (Å²) in [5, 5.41) is 8.92. The lowest BCUT2D eigenvalue weighted by atomic mass is 10.1. The van der Waals surface area contributed by atoms with Gasteiger partial charge in [-0.25, -0.2) is 16.0 Å². The van der Waals surface area contributed by atoms with Crippen LogP contribution in [-0.4, -0.2) is 77.5 Å². The number of H-pyrrole nitrogens is 1. The van der Waals surface area contributed by atoms with E-state index in [4.69, 9.17) is 39.8 Å². The van der Waals surface area contributed by atoms with Crippen molar-refractivity contribution < 1.29 is 28.0 Å². The molecule has 40 heavy (non-hydrogen) atoms. The zero-order valence-corrected chi connectivity index (χ0v) is 25.0. The molecule has 1 aliphatic rings. The maximum Gasteiger partial charge on any atom is 0.330 e. The van der Waals surface area contributed by atoms with Crippen LogP contribution in [0.2, 0.25) is 0 Å². The summed E-state index contributed by atoms with van der Waals surface area (Å²) in [5.41, 5.74) is -1.17. The largest absolute Gasteiger partial charge is 0.351 e. The Kier molecular flexibility index (Phi) is 15.0. The van der Waals surface area contributed by atoms with E-state index in [0.29, 0.717) is 12.8 Å². The molecule has 2 rings (SSSR count). The Balaban J connectivity index is 2.33. The summed E-state index contributed by atoms with van der Waals surface area (Å²) >= 11 is 0. The first kappa shape index (κ1) is 34.0. The van der Waals surface area contributed by atoms with E-state index in [1.54, 1.807) is 0 Å². The van der Waals surface area contributed by atoms with E-state index in [9.17, 15) is 9.59 Å². The van der Waals surface area contributed by atoms with Crippen molar-refractivity contribution in [1.29, 1.82) is 5.26 Å². The molecular formula is C26H42N5O8P. The third kappa shape index (κ3) is 9.72. The Bertz CT molecular complexity index is 1080. The van der Waals surface area contributed by atoms with E-state index in [1.165, 1.54) is 16.8 Å². The van der Waals surface area contributed by atoms with Crippen LogP contribution >= 0.6 is 8.53 Å². The second-order valence-electron chi connectivity index (χ2n) is 9.71. The van der Waals surface area contributed by atoms with E-state index in [0.717, 1.165) is 0 Å². The molecule has 2 heterocycles. The maximum absolute atomic E-state index is 12.7. The molecule has 1 saturated heterocycles. The van der Waals surface area contributed by atoms with Crippen LogP contribution < -0.4 is 11.2 Å². The fraction of sp³-hybridized carbons (Fsp3) is 0.769. The lowest BCUT2D eigenvalue weighted by Gasteiger charge is -2.38. The Morgan fingerprint density at radius 2 is 1.95 bits per heavy atom. The van der Waals surface area contributed by atoms with Gasteiger partial charge in [-0.3, -0.25) is 14.3 Å². The molecule has 1 aromatic rings. The van der Waals surface area contributed by atoms with Crippen LogP contribution in [0.1, 0.15) is 67.0 Å². The smallest absolute Gasteiger partial charge is 0.330 e. The summed E-state index contributed by atoms with van der Waals surface area (Å²) in [6, 6.07) is 3.48. The summed E-state index contributed by atoms with van der Waals surface area (Å²) in [7, 11) is -1.63. The van der Waals surface area contributed by atoms with Crippen LogP contribution in [0.25, 0.3) is 4.85 Å². The minimum absolute atomic E-state index is 0.0823. The van der Waals surface area contributed by atoms with Crippen molar-refractivity contribution in [2.24, 2.45) is 0 Å². The number of nitrogens with zero attached hydrogens (tertiary/aromatic N) is 4. The maximum atomic E-state index is 12.7. The Hall–Kier alpha value is -2.19. The number of ether oxygens (including phenoxy) is 4. The number of rotatable bonds is 18. The standard InChI is InChI=1S/C26H42N5O8P/c1-8-20(10-12-27)35-16-34-17-36-24-23(39-40(37-15-13-28-7)31(18(3)4)19(5)6)21(9-2)38-25(24)30-14-11-22(32)29-26(30)33/h11,14,18-21,23-25H,8-10,13,15-17H2,1-6H3,(H,29,32,33)/t20?,21-,23?,24+,25-,40?/m1/s1. The second kappa shape index (κ2) is 17.6. The molecule has 0 radical (unpaired) electrons. The topological polar surface area (TPSA) is 142 Å². The average Bonchev–Trinajstić information content (AvgIpc) is 3.24. The third-order valence-electron chi connectivity index (χ3n) is 6.18. The van der Waals surface area contributed by atoms with Gasteiger partial charge in [0, 0.05) is 24.3 Å². The van der Waals surface area contributed by atoms with Gasteiger partial charge in [-0.1, -0.05) is 13.8 Å². The highest BCUT2D eigenvalue weighted by Crippen LogP contribution is 2.50. The highest BCUT2D eigenvalue weighted by molar-refractivity contribution is 7.44. The monoisotopic (exact) mass is 583 g/mol. The first-order valence-electron chi connectivity index (χ1n) is 13.5. The normalized spacial score (nSPS) is 22.5. The molecule has 1 aliphatic heterocycles. The summed E-state index contributed by atoms with van der Waals surface area (Å²) < 4.78 is 39.6. The summed E-state index contributed by atoms with van der Waals surface area (Å²) in [4.78, 5) is 30.1. The third-order valence-corrected chi connectivity index (χ3v) is 8.31. The predicted octanol–water partition coefficient (Wildman–Crippen LogP) is 3.54. The first-order chi connectivity index (χ1) is 19.2. The lowest BCUT2D eigenvalue weighted by molar-refractivity contribution is -0.184. The molecule has 14 heteroatoms. The number of hydrogen-bond donors (Lipinski definition) is 1. The van der Waals surface area contributed by atoms with Gasteiger partial charge in [-0.05, 0) is 40.5 Å². The van der Waals surface area contributed by atoms with Crippen LogP contribution in [-0.2, 0) is 28.0 Å². The highest BCUT2D eigenvalue weighted by atomic mass is 31.2. The van der Waals surface area contributed by atoms with E-state index in [-0.39, 0.29) is 51.3 Å². The van der Waals surface area contributed by atoms with E-state index in [1.807, 2.05) is 41.5 Å². The molecule has 0 aromatic carbocycles. The van der Waals surface area contributed by atoms with Gasteiger partial charge in [0.25, 0.3) is 14.1 Å². The molecule has 0 aliphatic carbocycles. The van der Waals surface area contributed by atoms with Crippen molar-refractivity contribution in [3.8, 4) is 6.07 Å². The number of nitrogens with one attached hydrogen (secondary N) is 1. The van der Waals surface area contributed by atoms with Gasteiger partial charge >= 0.3 is 5.69 Å². The first-order valence-corrected chi connectivity index (χ1v) is 14.7. The van der Waals surface area contributed by atoms with Gasteiger partial charge in [-0.15, -0.1) is 0 Å². The molecule has 224 valence electrons. The second-order valence-corrected chi connectivity index (χ2v) is 11.1. The van der Waals surface area contributed by atoms with Crippen LogP contribution in [0.15, 0.2) is 21.9 Å². The van der Waals surface area contributed by atoms with Crippen molar-refractivity contribution in [3.63, 3.8) is 0 Å². The van der Waals surface area contributed by atoms with Crippen molar-refractivity contribution in [1.82, 2.24) is 14.2 Å². The van der Waals surface area contributed by atoms with Crippen molar-refractivity contribution in [3.05, 3.63) is 44.5 Å². The van der Waals surface area contributed by atoms with E-state index >= 15 is 0 Å². The SMILES string of the molecule is [C-]#[N+]CCOP(OC1[C@@H](CC)O[C@@H](n2ccc(=O)[nH]c2=O)[C@H]1OCOCOC(CC)CC#N)N(C(C)C)C(C)C. The Labute approximate surface area is 237 Å². The average molecular weight is 584 g/mol. The summed E-state index contributed by atoms with van der Waals surface area (Å²) in [5.74, 6) is 0. The predicted molar refractivity (Wildman–Crippen MR) is 148 cm³/mol. The Morgan fingerprint density at radius 3 is 2.52 bits per heavy atom. The lowest BCUT2D eigenvalue weighted by Crippen LogP contribution is -2.42. The number of hydrogen-bond acceptors (Lipinski definition) is 10. The molecule has 13 nitrogen and oxygen atoms in total. The van der Waals surface area contributed by atoms with Crippen molar-refractivity contribution >= 4 is 8.53 Å². The molecule has 1 N–H and O–H groups in total. The van der Waals surface area contributed by atoms with Gasteiger partial charge in [0.2, 0.25) is 6.54 Å². The van der Waals surface area contributed by atoms with Gasteiger partial charge < -0.3 is 32.8 Å². The van der Waals surface area contributed by atoms with Crippen molar-refractivity contribution in [2.75, 3.05) is 26.7 Å². The summed E-state index contributed by atoms with van der Waals surface area (Å²) in [6.07, 6.45) is -0.298. The van der Waals surface area contributed by atoms with Gasteiger partial charge in [0.15, 0.2) is 6.23 Å². The molecule has 1 fully saturated rings. The number of aromatic amines is 1. The Morgan fingerprint density at radius 1 is 1.23 bits per heavy atom. The molecule has 0 saturated carbocycles. The van der Waals surface area contributed by atoms with Crippen molar-refractivity contribution in [2.45, 2.75) is 104 Å².